The Morgan fingerprint density at radius 1 is 1.26 bits per heavy atom. The van der Waals surface area contributed by atoms with Crippen LogP contribution in [-0.2, 0) is 10.5 Å². The summed E-state index contributed by atoms with van der Waals surface area (Å²) in [7, 11) is 0. The Morgan fingerprint density at radius 3 is 2.63 bits per heavy atom. The summed E-state index contributed by atoms with van der Waals surface area (Å²) in [5.74, 6) is 0.517. The van der Waals surface area contributed by atoms with Crippen LogP contribution in [0.3, 0.4) is 0 Å². The van der Waals surface area contributed by atoms with Crippen molar-refractivity contribution < 1.29 is 14.7 Å². The fourth-order valence-electron chi connectivity index (χ4n) is 2.04. The van der Waals surface area contributed by atoms with Crippen LogP contribution in [0, 0.1) is 0 Å². The third kappa shape index (κ3) is 4.24. The van der Waals surface area contributed by atoms with Crippen LogP contribution in [0.5, 0.6) is 0 Å². The molecule has 2 rings (SSSR count). The standard InChI is InChI=1S/C13H17NO3S2/c15-12(14-6-2-1-3-7-14)9-18-8-10-4-5-11(19-10)13(16)17/h4-5H,1-3,6-9H2,(H,16,17). The van der Waals surface area contributed by atoms with Gasteiger partial charge in [0.15, 0.2) is 0 Å². The topological polar surface area (TPSA) is 57.6 Å². The number of piperidine rings is 1. The van der Waals surface area contributed by atoms with E-state index in [0.29, 0.717) is 16.4 Å². The molecule has 0 bridgehead atoms. The van der Waals surface area contributed by atoms with Crippen molar-refractivity contribution in [3.05, 3.63) is 21.9 Å². The summed E-state index contributed by atoms with van der Waals surface area (Å²) in [4.78, 5) is 26.0. The van der Waals surface area contributed by atoms with Crippen molar-refractivity contribution in [2.75, 3.05) is 18.8 Å². The zero-order chi connectivity index (χ0) is 13.7. The Labute approximate surface area is 120 Å². The monoisotopic (exact) mass is 299 g/mol. The molecule has 1 fully saturated rings. The van der Waals surface area contributed by atoms with Gasteiger partial charge in [0.2, 0.25) is 5.91 Å². The second-order valence-corrected chi connectivity index (χ2v) is 6.66. The summed E-state index contributed by atoms with van der Waals surface area (Å²) >= 11 is 2.84. The minimum Gasteiger partial charge on any atom is -0.477 e. The lowest BCUT2D eigenvalue weighted by Gasteiger charge is -2.26. The normalized spacial score (nSPS) is 15.5. The molecule has 0 aliphatic carbocycles. The third-order valence-electron chi connectivity index (χ3n) is 3.05. The number of carbonyl (C=O) groups excluding carboxylic acids is 1. The molecule has 0 spiro atoms. The molecule has 6 heteroatoms. The van der Waals surface area contributed by atoms with E-state index in [-0.39, 0.29) is 5.91 Å². The van der Waals surface area contributed by atoms with E-state index in [1.807, 2.05) is 11.0 Å². The number of thioether (sulfide) groups is 1. The highest BCUT2D eigenvalue weighted by Crippen LogP contribution is 2.22. The number of hydrogen-bond acceptors (Lipinski definition) is 4. The molecule has 0 atom stereocenters. The molecule has 0 saturated carbocycles. The van der Waals surface area contributed by atoms with Crippen molar-refractivity contribution in [2.24, 2.45) is 0 Å². The molecule has 1 saturated heterocycles. The first-order valence-corrected chi connectivity index (χ1v) is 8.31. The van der Waals surface area contributed by atoms with Gasteiger partial charge in [-0.15, -0.1) is 23.1 Å². The van der Waals surface area contributed by atoms with E-state index >= 15 is 0 Å². The van der Waals surface area contributed by atoms with Gasteiger partial charge in [0.1, 0.15) is 4.88 Å². The minimum absolute atomic E-state index is 0.208. The number of amides is 1. The molecule has 0 aromatic carbocycles. The van der Waals surface area contributed by atoms with Crippen LogP contribution in [0.2, 0.25) is 0 Å². The smallest absolute Gasteiger partial charge is 0.345 e. The number of thiophene rings is 1. The van der Waals surface area contributed by atoms with Crippen molar-refractivity contribution in [1.82, 2.24) is 4.90 Å². The average molecular weight is 299 g/mol. The van der Waals surface area contributed by atoms with Gasteiger partial charge in [0.25, 0.3) is 0 Å². The highest BCUT2D eigenvalue weighted by atomic mass is 32.2. The zero-order valence-corrected chi connectivity index (χ0v) is 12.3. The molecule has 1 aromatic heterocycles. The van der Waals surface area contributed by atoms with E-state index in [0.717, 1.165) is 30.8 Å². The number of hydrogen-bond donors (Lipinski definition) is 1. The van der Waals surface area contributed by atoms with Gasteiger partial charge < -0.3 is 10.0 Å². The van der Waals surface area contributed by atoms with E-state index < -0.39 is 5.97 Å². The Morgan fingerprint density at radius 2 is 2.00 bits per heavy atom. The van der Waals surface area contributed by atoms with E-state index in [9.17, 15) is 9.59 Å². The number of likely N-dealkylation sites (tertiary alicyclic amines) is 1. The van der Waals surface area contributed by atoms with Gasteiger partial charge in [-0.3, -0.25) is 4.79 Å². The number of rotatable bonds is 5. The van der Waals surface area contributed by atoms with Crippen LogP contribution < -0.4 is 0 Å². The van der Waals surface area contributed by atoms with Crippen LogP contribution in [-0.4, -0.2) is 40.7 Å². The molecule has 1 aliphatic heterocycles. The van der Waals surface area contributed by atoms with E-state index in [4.69, 9.17) is 5.11 Å². The largest absolute Gasteiger partial charge is 0.477 e. The first-order chi connectivity index (χ1) is 9.16. The number of carbonyl (C=O) groups is 2. The lowest BCUT2D eigenvalue weighted by molar-refractivity contribution is -0.129. The Kier molecular flexibility index (Phi) is 5.27. The van der Waals surface area contributed by atoms with Crippen molar-refractivity contribution in [1.29, 1.82) is 0 Å². The summed E-state index contributed by atoms with van der Waals surface area (Å²) < 4.78 is 0. The highest BCUT2D eigenvalue weighted by Gasteiger charge is 2.16. The van der Waals surface area contributed by atoms with Gasteiger partial charge in [0.05, 0.1) is 5.75 Å². The van der Waals surface area contributed by atoms with Gasteiger partial charge in [0, 0.05) is 23.7 Å². The first-order valence-electron chi connectivity index (χ1n) is 6.34. The molecule has 1 aromatic rings. The zero-order valence-electron chi connectivity index (χ0n) is 10.6. The van der Waals surface area contributed by atoms with E-state index in [1.165, 1.54) is 17.8 Å². The van der Waals surface area contributed by atoms with E-state index in [2.05, 4.69) is 0 Å². The predicted octanol–water partition coefficient (Wildman–Crippen LogP) is 2.69. The number of carboxylic acid groups (broad SMARTS) is 1. The molecule has 104 valence electrons. The molecule has 4 nitrogen and oxygen atoms in total. The molecular formula is C13H17NO3S2. The molecule has 1 amide bonds. The molecule has 1 N–H and O–H groups in total. The number of nitrogens with zero attached hydrogens (tertiary/aromatic N) is 1. The summed E-state index contributed by atoms with van der Waals surface area (Å²) in [6.45, 7) is 1.78. The Bertz CT molecular complexity index is 452. The molecular weight excluding hydrogens is 282 g/mol. The third-order valence-corrected chi connectivity index (χ3v) is 5.27. The summed E-state index contributed by atoms with van der Waals surface area (Å²) in [5.41, 5.74) is 0. The lowest BCUT2D eigenvalue weighted by atomic mass is 10.1. The molecule has 1 aliphatic rings. The van der Waals surface area contributed by atoms with Crippen LogP contribution in [0.1, 0.15) is 33.8 Å². The van der Waals surface area contributed by atoms with Crippen LogP contribution >= 0.6 is 23.1 Å². The predicted molar refractivity (Wildman–Crippen MR) is 77.9 cm³/mol. The Hall–Kier alpha value is -1.01. The number of aromatic carboxylic acids is 1. The van der Waals surface area contributed by atoms with E-state index in [1.54, 1.807) is 17.8 Å². The summed E-state index contributed by atoms with van der Waals surface area (Å²) in [6.07, 6.45) is 3.46. The second-order valence-electron chi connectivity index (χ2n) is 4.51. The van der Waals surface area contributed by atoms with Crippen LogP contribution in [0.15, 0.2) is 12.1 Å². The molecule has 19 heavy (non-hydrogen) atoms. The maximum Gasteiger partial charge on any atom is 0.345 e. The lowest BCUT2D eigenvalue weighted by Crippen LogP contribution is -2.36. The average Bonchev–Trinajstić information content (AvgIpc) is 2.89. The summed E-state index contributed by atoms with van der Waals surface area (Å²) in [6, 6.07) is 3.45. The van der Waals surface area contributed by atoms with Crippen molar-refractivity contribution >= 4 is 35.0 Å². The molecule has 2 heterocycles. The van der Waals surface area contributed by atoms with Crippen LogP contribution in [0.25, 0.3) is 0 Å². The summed E-state index contributed by atoms with van der Waals surface area (Å²) in [5, 5.41) is 8.82. The maximum absolute atomic E-state index is 11.9. The molecule has 0 unspecified atom stereocenters. The van der Waals surface area contributed by atoms with Gasteiger partial charge in [-0.05, 0) is 31.4 Å². The molecule has 0 radical (unpaired) electrons. The highest BCUT2D eigenvalue weighted by molar-refractivity contribution is 7.99. The second kappa shape index (κ2) is 6.96. The fourth-order valence-corrected chi connectivity index (χ4v) is 3.93. The quantitative estimate of drug-likeness (QED) is 0.908. The first kappa shape index (κ1) is 14.4. The van der Waals surface area contributed by atoms with Gasteiger partial charge >= 0.3 is 5.97 Å². The fraction of sp³-hybridized carbons (Fsp3) is 0.538. The van der Waals surface area contributed by atoms with Crippen molar-refractivity contribution in [2.45, 2.75) is 25.0 Å². The van der Waals surface area contributed by atoms with Crippen molar-refractivity contribution in [3.63, 3.8) is 0 Å². The Balaban J connectivity index is 1.73. The van der Waals surface area contributed by atoms with Gasteiger partial charge in [-0.25, -0.2) is 4.79 Å². The maximum atomic E-state index is 11.9. The number of carboxylic acids is 1. The SMILES string of the molecule is O=C(O)c1ccc(CSCC(=O)N2CCCCC2)s1. The minimum atomic E-state index is -0.884. The van der Waals surface area contributed by atoms with Crippen LogP contribution in [0.4, 0.5) is 0 Å². The van der Waals surface area contributed by atoms with Gasteiger partial charge in [-0.1, -0.05) is 0 Å². The van der Waals surface area contributed by atoms with Crippen molar-refractivity contribution in [3.8, 4) is 0 Å². The van der Waals surface area contributed by atoms with Gasteiger partial charge in [-0.2, -0.15) is 0 Å².